The van der Waals surface area contributed by atoms with Crippen LogP contribution in [0.25, 0.3) is 0 Å². The Hall–Kier alpha value is -1.38. The van der Waals surface area contributed by atoms with Gasteiger partial charge in [-0.05, 0) is 49.7 Å². The molecule has 2 aromatic rings. The average molecular weight is 310 g/mol. The molecule has 0 spiro atoms. The fourth-order valence-electron chi connectivity index (χ4n) is 1.88. The third-order valence-electron chi connectivity index (χ3n) is 2.78. The first kappa shape index (κ1) is 15.0. The predicted octanol–water partition coefficient (Wildman–Crippen LogP) is 5.18. The zero-order valence-corrected chi connectivity index (χ0v) is 13.0. The monoisotopic (exact) mass is 309 g/mol. The minimum absolute atomic E-state index is 0.0366. The normalized spacial score (nSPS) is 12.0. The van der Waals surface area contributed by atoms with Crippen LogP contribution in [-0.4, -0.2) is 12.6 Å². The second kappa shape index (κ2) is 6.87. The molecule has 0 saturated heterocycles. The second-order valence-corrected chi connectivity index (χ2v) is 5.66. The molecule has 0 aliphatic rings. The van der Waals surface area contributed by atoms with Gasteiger partial charge in [0.05, 0.1) is 6.54 Å². The van der Waals surface area contributed by atoms with Gasteiger partial charge in [-0.1, -0.05) is 35.3 Å². The van der Waals surface area contributed by atoms with Crippen LogP contribution in [0.1, 0.15) is 12.5 Å². The van der Waals surface area contributed by atoms with E-state index in [-0.39, 0.29) is 6.10 Å². The van der Waals surface area contributed by atoms with Gasteiger partial charge in [-0.3, -0.25) is 0 Å². The molecule has 4 heteroatoms. The SMILES string of the molecule is Cc1cccc(OC(C)CNc2cc(Cl)cc(Cl)c2)c1. The molecule has 0 bridgehead atoms. The number of benzene rings is 2. The van der Waals surface area contributed by atoms with Gasteiger partial charge in [0.15, 0.2) is 0 Å². The molecule has 0 fully saturated rings. The van der Waals surface area contributed by atoms with Crippen molar-refractivity contribution in [3.8, 4) is 5.75 Å². The van der Waals surface area contributed by atoms with Crippen LogP contribution < -0.4 is 10.1 Å². The fraction of sp³-hybridized carbons (Fsp3) is 0.250. The fourth-order valence-corrected chi connectivity index (χ4v) is 2.41. The number of nitrogens with one attached hydrogen (secondary N) is 1. The van der Waals surface area contributed by atoms with E-state index in [2.05, 4.69) is 5.32 Å². The number of hydrogen-bond donors (Lipinski definition) is 1. The summed E-state index contributed by atoms with van der Waals surface area (Å²) >= 11 is 11.9. The second-order valence-electron chi connectivity index (χ2n) is 4.78. The highest BCUT2D eigenvalue weighted by Gasteiger charge is 2.05. The van der Waals surface area contributed by atoms with E-state index in [1.54, 1.807) is 6.07 Å². The zero-order chi connectivity index (χ0) is 14.5. The maximum absolute atomic E-state index is 5.96. The quantitative estimate of drug-likeness (QED) is 0.821. The van der Waals surface area contributed by atoms with Crippen LogP contribution in [0.3, 0.4) is 0 Å². The van der Waals surface area contributed by atoms with Crippen molar-refractivity contribution < 1.29 is 4.74 Å². The number of rotatable bonds is 5. The standard InChI is InChI=1S/C16H17Cl2NO/c1-11-4-3-5-16(6-11)20-12(2)10-19-15-8-13(17)7-14(18)9-15/h3-9,12,19H,10H2,1-2H3. The summed E-state index contributed by atoms with van der Waals surface area (Å²) < 4.78 is 5.85. The smallest absolute Gasteiger partial charge is 0.120 e. The maximum Gasteiger partial charge on any atom is 0.120 e. The van der Waals surface area contributed by atoms with E-state index in [1.807, 2.05) is 50.2 Å². The predicted molar refractivity (Wildman–Crippen MR) is 86.2 cm³/mol. The van der Waals surface area contributed by atoms with Crippen LogP contribution in [0.5, 0.6) is 5.75 Å². The van der Waals surface area contributed by atoms with Crippen LogP contribution >= 0.6 is 23.2 Å². The molecule has 0 heterocycles. The van der Waals surface area contributed by atoms with Crippen molar-refractivity contribution in [3.05, 3.63) is 58.1 Å². The molecule has 1 atom stereocenters. The zero-order valence-electron chi connectivity index (χ0n) is 11.5. The average Bonchev–Trinajstić information content (AvgIpc) is 2.35. The van der Waals surface area contributed by atoms with Crippen LogP contribution in [0.4, 0.5) is 5.69 Å². The van der Waals surface area contributed by atoms with E-state index in [9.17, 15) is 0 Å². The van der Waals surface area contributed by atoms with Gasteiger partial charge in [-0.15, -0.1) is 0 Å². The van der Waals surface area contributed by atoms with Gasteiger partial charge in [-0.25, -0.2) is 0 Å². The lowest BCUT2D eigenvalue weighted by molar-refractivity contribution is 0.234. The molecular weight excluding hydrogens is 293 g/mol. The lowest BCUT2D eigenvalue weighted by atomic mass is 10.2. The van der Waals surface area contributed by atoms with Crippen molar-refractivity contribution in [2.75, 3.05) is 11.9 Å². The van der Waals surface area contributed by atoms with Gasteiger partial charge < -0.3 is 10.1 Å². The summed E-state index contributed by atoms with van der Waals surface area (Å²) in [5.41, 5.74) is 2.08. The first-order chi connectivity index (χ1) is 9.52. The molecular formula is C16H17Cl2NO. The van der Waals surface area contributed by atoms with E-state index >= 15 is 0 Å². The number of aryl methyl sites for hydroxylation is 1. The van der Waals surface area contributed by atoms with Crippen molar-refractivity contribution in [2.45, 2.75) is 20.0 Å². The van der Waals surface area contributed by atoms with E-state index in [0.717, 1.165) is 11.4 Å². The van der Waals surface area contributed by atoms with Crippen molar-refractivity contribution in [1.82, 2.24) is 0 Å². The molecule has 1 N–H and O–H groups in total. The molecule has 2 aromatic carbocycles. The van der Waals surface area contributed by atoms with Crippen LogP contribution in [0.15, 0.2) is 42.5 Å². The van der Waals surface area contributed by atoms with Crippen molar-refractivity contribution in [2.24, 2.45) is 0 Å². The summed E-state index contributed by atoms with van der Waals surface area (Å²) in [6, 6.07) is 13.4. The Balaban J connectivity index is 1.90. The van der Waals surface area contributed by atoms with Gasteiger partial charge in [0.2, 0.25) is 0 Å². The summed E-state index contributed by atoms with van der Waals surface area (Å²) in [5.74, 6) is 0.878. The molecule has 2 nitrogen and oxygen atoms in total. The van der Waals surface area contributed by atoms with E-state index in [4.69, 9.17) is 27.9 Å². The Kier molecular flexibility index (Phi) is 5.16. The van der Waals surface area contributed by atoms with Crippen LogP contribution in [0.2, 0.25) is 10.0 Å². The Morgan fingerprint density at radius 3 is 2.45 bits per heavy atom. The van der Waals surface area contributed by atoms with Gasteiger partial charge >= 0.3 is 0 Å². The van der Waals surface area contributed by atoms with Crippen molar-refractivity contribution in [3.63, 3.8) is 0 Å². The summed E-state index contributed by atoms with van der Waals surface area (Å²) in [4.78, 5) is 0. The maximum atomic E-state index is 5.96. The molecule has 0 aliphatic heterocycles. The highest BCUT2D eigenvalue weighted by Crippen LogP contribution is 2.22. The molecule has 1 unspecified atom stereocenters. The summed E-state index contributed by atoms with van der Waals surface area (Å²) in [7, 11) is 0. The number of ether oxygens (including phenoxy) is 1. The molecule has 0 aliphatic carbocycles. The van der Waals surface area contributed by atoms with Crippen LogP contribution in [-0.2, 0) is 0 Å². The Morgan fingerprint density at radius 2 is 1.80 bits per heavy atom. The van der Waals surface area contributed by atoms with Gasteiger partial charge in [-0.2, -0.15) is 0 Å². The highest BCUT2D eigenvalue weighted by atomic mass is 35.5. The minimum atomic E-state index is 0.0366. The van der Waals surface area contributed by atoms with Crippen molar-refractivity contribution in [1.29, 1.82) is 0 Å². The van der Waals surface area contributed by atoms with E-state index < -0.39 is 0 Å². The molecule has 0 amide bonds. The van der Waals surface area contributed by atoms with E-state index in [1.165, 1.54) is 5.56 Å². The van der Waals surface area contributed by atoms with Gasteiger partial charge in [0.1, 0.15) is 11.9 Å². The first-order valence-electron chi connectivity index (χ1n) is 6.46. The lowest BCUT2D eigenvalue weighted by Gasteiger charge is -2.16. The third kappa shape index (κ3) is 4.62. The largest absolute Gasteiger partial charge is 0.489 e. The van der Waals surface area contributed by atoms with Gasteiger partial charge in [0.25, 0.3) is 0 Å². The number of anilines is 1. The van der Waals surface area contributed by atoms with Crippen LogP contribution in [0, 0.1) is 6.92 Å². The number of halogens is 2. The first-order valence-corrected chi connectivity index (χ1v) is 7.22. The Morgan fingerprint density at radius 1 is 1.10 bits per heavy atom. The summed E-state index contributed by atoms with van der Waals surface area (Å²) in [5, 5.41) is 4.50. The molecule has 106 valence electrons. The summed E-state index contributed by atoms with van der Waals surface area (Å²) in [6.45, 7) is 4.73. The Bertz CT molecular complexity index is 566. The Labute approximate surface area is 129 Å². The highest BCUT2D eigenvalue weighted by molar-refractivity contribution is 6.35. The van der Waals surface area contributed by atoms with Crippen molar-refractivity contribution >= 4 is 28.9 Å². The minimum Gasteiger partial charge on any atom is -0.489 e. The molecule has 0 saturated carbocycles. The lowest BCUT2D eigenvalue weighted by Crippen LogP contribution is -2.22. The third-order valence-corrected chi connectivity index (χ3v) is 3.22. The molecule has 2 rings (SSSR count). The molecule has 20 heavy (non-hydrogen) atoms. The van der Waals surface area contributed by atoms with E-state index in [0.29, 0.717) is 16.6 Å². The van der Waals surface area contributed by atoms with Gasteiger partial charge in [0, 0.05) is 15.7 Å². The summed E-state index contributed by atoms with van der Waals surface area (Å²) in [6.07, 6.45) is 0.0366. The number of hydrogen-bond acceptors (Lipinski definition) is 2. The molecule has 0 aromatic heterocycles. The molecule has 0 radical (unpaired) electrons. The topological polar surface area (TPSA) is 21.3 Å².